The first-order chi connectivity index (χ1) is 13.8. The molecule has 1 aromatic heterocycles. The van der Waals surface area contributed by atoms with Crippen LogP contribution in [-0.4, -0.2) is 43.3 Å². The zero-order chi connectivity index (χ0) is 20.6. The van der Waals surface area contributed by atoms with E-state index in [-0.39, 0.29) is 11.8 Å². The molecular formula is C20H20F3N3O3. The average molecular weight is 407 g/mol. The number of rotatable bonds is 3. The van der Waals surface area contributed by atoms with Crippen LogP contribution in [0.5, 0.6) is 5.75 Å². The summed E-state index contributed by atoms with van der Waals surface area (Å²) in [4.78, 5) is 18.2. The third-order valence-corrected chi connectivity index (χ3v) is 4.89. The van der Waals surface area contributed by atoms with E-state index in [1.165, 1.54) is 12.1 Å². The van der Waals surface area contributed by atoms with Crippen LogP contribution >= 0.6 is 0 Å². The summed E-state index contributed by atoms with van der Waals surface area (Å²) >= 11 is 0. The second kappa shape index (κ2) is 7.55. The summed E-state index contributed by atoms with van der Waals surface area (Å²) in [5, 5.41) is 2.74. The van der Waals surface area contributed by atoms with Crippen molar-refractivity contribution >= 4 is 17.3 Å². The van der Waals surface area contributed by atoms with Crippen molar-refractivity contribution in [2.24, 2.45) is 0 Å². The topological polar surface area (TPSA) is 63.7 Å². The van der Waals surface area contributed by atoms with Crippen LogP contribution in [-0.2, 0) is 17.3 Å². The first-order valence-corrected chi connectivity index (χ1v) is 9.33. The molecule has 9 heteroatoms. The van der Waals surface area contributed by atoms with Gasteiger partial charge in [0, 0.05) is 31.1 Å². The molecule has 2 aromatic rings. The monoisotopic (exact) mass is 407 g/mol. The van der Waals surface area contributed by atoms with E-state index in [0.717, 1.165) is 23.1 Å². The van der Waals surface area contributed by atoms with Crippen molar-refractivity contribution in [2.45, 2.75) is 25.6 Å². The molecule has 1 amide bonds. The Kier molecular flexibility index (Phi) is 5.08. The van der Waals surface area contributed by atoms with Crippen molar-refractivity contribution in [3.8, 4) is 5.75 Å². The molecule has 0 saturated carbocycles. The zero-order valence-electron chi connectivity index (χ0n) is 15.8. The minimum atomic E-state index is -4.61. The predicted molar refractivity (Wildman–Crippen MR) is 100 cm³/mol. The Labute approximate surface area is 165 Å². The van der Waals surface area contributed by atoms with Crippen molar-refractivity contribution in [2.75, 3.05) is 36.5 Å². The second-order valence-electron chi connectivity index (χ2n) is 7.07. The van der Waals surface area contributed by atoms with Crippen molar-refractivity contribution < 1.29 is 27.4 Å². The minimum Gasteiger partial charge on any atom is -0.490 e. The van der Waals surface area contributed by atoms with Crippen molar-refractivity contribution in [3.63, 3.8) is 0 Å². The van der Waals surface area contributed by atoms with Gasteiger partial charge in [-0.15, -0.1) is 0 Å². The summed E-state index contributed by atoms with van der Waals surface area (Å²) < 4.78 is 50.0. The Balaban J connectivity index is 1.65. The van der Waals surface area contributed by atoms with Crippen LogP contribution in [0.15, 0.2) is 30.3 Å². The molecule has 0 bridgehead atoms. The Bertz CT molecular complexity index is 927. The van der Waals surface area contributed by atoms with E-state index >= 15 is 0 Å². The molecule has 29 heavy (non-hydrogen) atoms. The highest BCUT2D eigenvalue weighted by Crippen LogP contribution is 2.39. The van der Waals surface area contributed by atoms with Gasteiger partial charge in [-0.3, -0.25) is 4.79 Å². The van der Waals surface area contributed by atoms with Gasteiger partial charge in [0.15, 0.2) is 0 Å². The molecule has 1 fully saturated rings. The maximum absolute atomic E-state index is 12.9. The van der Waals surface area contributed by atoms with Crippen LogP contribution in [0.25, 0.3) is 0 Å². The van der Waals surface area contributed by atoms with E-state index in [1.807, 2.05) is 19.1 Å². The number of anilines is 2. The fraction of sp³-hybridized carbons (Fsp3) is 0.400. The highest BCUT2D eigenvalue weighted by atomic mass is 19.4. The van der Waals surface area contributed by atoms with Gasteiger partial charge in [0.05, 0.1) is 24.6 Å². The van der Waals surface area contributed by atoms with Crippen molar-refractivity contribution in [3.05, 3.63) is 47.3 Å². The van der Waals surface area contributed by atoms with Crippen molar-refractivity contribution in [1.29, 1.82) is 0 Å². The van der Waals surface area contributed by atoms with Gasteiger partial charge in [-0.2, -0.15) is 13.2 Å². The molecule has 0 radical (unpaired) electrons. The Morgan fingerprint density at radius 3 is 2.72 bits per heavy atom. The Morgan fingerprint density at radius 2 is 2.00 bits per heavy atom. The van der Waals surface area contributed by atoms with Gasteiger partial charge in [0.1, 0.15) is 23.2 Å². The van der Waals surface area contributed by atoms with Crippen LogP contribution in [0.4, 0.5) is 24.5 Å². The number of nitrogens with zero attached hydrogens (tertiary/aromatic N) is 2. The number of halogens is 3. The quantitative estimate of drug-likeness (QED) is 0.844. The standard InChI is InChI=1S/C20H20F3N3O3/c1-12-9-13-10-15(16(11-17(13)29-12)26-5-7-28-8-6-26)25-19(27)14-3-2-4-18(24-14)20(21,22)23/h2-4,10-12H,5-9H2,1H3,(H,25,27). The highest BCUT2D eigenvalue weighted by Gasteiger charge is 2.33. The number of hydrogen-bond donors (Lipinski definition) is 1. The lowest BCUT2D eigenvalue weighted by molar-refractivity contribution is -0.141. The fourth-order valence-corrected chi connectivity index (χ4v) is 3.52. The molecule has 3 heterocycles. The number of amides is 1. The predicted octanol–water partition coefficient (Wildman–Crippen LogP) is 3.51. The molecule has 6 nitrogen and oxygen atoms in total. The summed E-state index contributed by atoms with van der Waals surface area (Å²) in [6.45, 7) is 4.34. The van der Waals surface area contributed by atoms with Crippen LogP contribution < -0.4 is 15.0 Å². The molecule has 2 aliphatic rings. The number of hydrogen-bond acceptors (Lipinski definition) is 5. The summed E-state index contributed by atoms with van der Waals surface area (Å²) in [5.41, 5.74) is 0.823. The SMILES string of the molecule is CC1Cc2cc(NC(=O)c3cccc(C(F)(F)F)n3)c(N3CCOCC3)cc2O1. The molecule has 1 atom stereocenters. The first-order valence-electron chi connectivity index (χ1n) is 9.33. The number of ether oxygens (including phenoxy) is 2. The van der Waals surface area contributed by atoms with Crippen LogP contribution in [0.1, 0.15) is 28.7 Å². The first kappa shape index (κ1) is 19.5. The van der Waals surface area contributed by atoms with Crippen molar-refractivity contribution in [1.82, 2.24) is 4.98 Å². The lowest BCUT2D eigenvalue weighted by atomic mass is 10.1. The minimum absolute atomic E-state index is 0.0265. The largest absolute Gasteiger partial charge is 0.490 e. The van der Waals surface area contributed by atoms with Crippen LogP contribution in [0.3, 0.4) is 0 Å². The number of pyridine rings is 1. The third-order valence-electron chi connectivity index (χ3n) is 4.89. The number of aromatic nitrogens is 1. The van der Waals surface area contributed by atoms with E-state index < -0.39 is 17.8 Å². The molecule has 1 N–H and O–H groups in total. The Morgan fingerprint density at radius 1 is 1.24 bits per heavy atom. The molecule has 0 spiro atoms. The molecule has 1 saturated heterocycles. The van der Waals surface area contributed by atoms with Gasteiger partial charge >= 0.3 is 6.18 Å². The van der Waals surface area contributed by atoms with Gasteiger partial charge in [-0.05, 0) is 25.1 Å². The van der Waals surface area contributed by atoms with Gasteiger partial charge < -0.3 is 19.7 Å². The number of benzene rings is 1. The molecular weight excluding hydrogens is 387 g/mol. The van der Waals surface area contributed by atoms with E-state index in [4.69, 9.17) is 9.47 Å². The molecule has 0 aliphatic carbocycles. The fourth-order valence-electron chi connectivity index (χ4n) is 3.52. The van der Waals surface area contributed by atoms with Gasteiger partial charge in [0.25, 0.3) is 5.91 Å². The number of carbonyl (C=O) groups excluding carboxylic acids is 1. The smallest absolute Gasteiger partial charge is 0.433 e. The summed E-state index contributed by atoms with van der Waals surface area (Å²) in [6.07, 6.45) is -3.89. The number of fused-ring (bicyclic) bond motifs is 1. The summed E-state index contributed by atoms with van der Waals surface area (Å²) in [7, 11) is 0. The van der Waals surface area contributed by atoms with Gasteiger partial charge in [-0.25, -0.2) is 4.98 Å². The Hall–Kier alpha value is -2.81. The number of morpholine rings is 1. The second-order valence-corrected chi connectivity index (χ2v) is 7.07. The van der Waals surface area contributed by atoms with E-state index in [9.17, 15) is 18.0 Å². The van der Waals surface area contributed by atoms with E-state index in [2.05, 4.69) is 15.2 Å². The third kappa shape index (κ3) is 4.14. The number of nitrogens with one attached hydrogen (secondary N) is 1. The maximum Gasteiger partial charge on any atom is 0.433 e. The summed E-state index contributed by atoms with van der Waals surface area (Å²) in [6, 6.07) is 6.97. The summed E-state index contributed by atoms with van der Waals surface area (Å²) in [5.74, 6) is 0.0618. The van der Waals surface area contributed by atoms with Gasteiger partial charge in [-0.1, -0.05) is 6.07 Å². The van der Waals surface area contributed by atoms with Gasteiger partial charge in [0.2, 0.25) is 0 Å². The molecule has 2 aliphatic heterocycles. The van der Waals surface area contributed by atoms with E-state index in [1.54, 1.807) is 0 Å². The zero-order valence-corrected chi connectivity index (χ0v) is 15.8. The van der Waals surface area contributed by atoms with Crippen LogP contribution in [0.2, 0.25) is 0 Å². The highest BCUT2D eigenvalue weighted by molar-refractivity contribution is 6.05. The van der Waals surface area contributed by atoms with Crippen LogP contribution in [0, 0.1) is 0 Å². The average Bonchev–Trinajstić information content (AvgIpc) is 3.06. The number of carbonyl (C=O) groups is 1. The molecule has 4 rings (SSSR count). The lowest BCUT2D eigenvalue weighted by Gasteiger charge is -2.31. The number of alkyl halides is 3. The lowest BCUT2D eigenvalue weighted by Crippen LogP contribution is -2.36. The van der Waals surface area contributed by atoms with E-state index in [0.29, 0.717) is 38.4 Å². The molecule has 1 unspecified atom stereocenters. The molecule has 154 valence electrons. The maximum atomic E-state index is 12.9. The normalized spacial score (nSPS) is 18.9. The molecule has 1 aromatic carbocycles.